The monoisotopic (exact) mass is 505 g/mol. The molecule has 1 saturated heterocycles. The highest BCUT2D eigenvalue weighted by Gasteiger charge is 2.19. The zero-order valence-electron chi connectivity index (χ0n) is 21.7. The molecule has 3 aromatic rings. The number of hydrogen-bond acceptors (Lipinski definition) is 4. The van der Waals surface area contributed by atoms with E-state index in [0.717, 1.165) is 61.2 Å². The molecule has 0 unspecified atom stereocenters. The predicted octanol–water partition coefficient (Wildman–Crippen LogP) is 7.43. The van der Waals surface area contributed by atoms with E-state index in [1.54, 1.807) is 19.2 Å². The summed E-state index contributed by atoms with van der Waals surface area (Å²) in [5.74, 6) is 0.239. The Morgan fingerprint density at radius 1 is 1.00 bits per heavy atom. The number of halogens is 1. The third-order valence-corrected chi connectivity index (χ3v) is 7.02. The van der Waals surface area contributed by atoms with Crippen molar-refractivity contribution in [3.05, 3.63) is 77.6 Å². The molecule has 0 aromatic heterocycles. The number of methoxy groups -OCH3 is 1. The molecule has 0 amide bonds. The third-order valence-electron chi connectivity index (χ3n) is 7.02. The maximum atomic E-state index is 14.9. The maximum Gasteiger partial charge on any atom is 0.303 e. The molecule has 196 valence electrons. The topological polar surface area (TPSA) is 59.0 Å². The SMILES string of the molecule is CCC[C@H](CC(=O)O)c1cccc(OCc2ccc(-c3cc(OC)ccc3F)c(N3CCCCC3)c2)c1. The average Bonchev–Trinajstić information content (AvgIpc) is 2.92. The molecule has 1 heterocycles. The minimum Gasteiger partial charge on any atom is -0.497 e. The van der Waals surface area contributed by atoms with Crippen LogP contribution in [0.3, 0.4) is 0 Å². The number of hydrogen-bond donors (Lipinski definition) is 1. The summed E-state index contributed by atoms with van der Waals surface area (Å²) < 4.78 is 26.4. The molecular formula is C31H36FNO4. The van der Waals surface area contributed by atoms with E-state index < -0.39 is 5.97 Å². The van der Waals surface area contributed by atoms with Crippen LogP contribution in [0.25, 0.3) is 11.1 Å². The maximum absolute atomic E-state index is 14.9. The molecule has 6 heteroatoms. The normalized spacial score (nSPS) is 14.3. The van der Waals surface area contributed by atoms with Gasteiger partial charge in [0.25, 0.3) is 0 Å². The number of nitrogens with zero attached hydrogens (tertiary/aromatic N) is 1. The van der Waals surface area contributed by atoms with Crippen LogP contribution in [-0.2, 0) is 11.4 Å². The van der Waals surface area contributed by atoms with Gasteiger partial charge in [0, 0.05) is 29.9 Å². The quantitative estimate of drug-likeness (QED) is 0.294. The highest BCUT2D eigenvalue weighted by molar-refractivity contribution is 5.80. The van der Waals surface area contributed by atoms with Crippen LogP contribution >= 0.6 is 0 Å². The van der Waals surface area contributed by atoms with E-state index in [2.05, 4.69) is 17.9 Å². The van der Waals surface area contributed by atoms with Gasteiger partial charge in [-0.25, -0.2) is 4.39 Å². The van der Waals surface area contributed by atoms with Crippen molar-refractivity contribution < 1.29 is 23.8 Å². The number of rotatable bonds is 11. The van der Waals surface area contributed by atoms with Gasteiger partial charge < -0.3 is 19.5 Å². The molecule has 1 aliphatic heterocycles. The Morgan fingerprint density at radius 3 is 2.54 bits per heavy atom. The molecule has 0 aliphatic carbocycles. The molecule has 37 heavy (non-hydrogen) atoms. The minimum atomic E-state index is -0.789. The zero-order valence-corrected chi connectivity index (χ0v) is 21.7. The molecular weight excluding hydrogens is 469 g/mol. The van der Waals surface area contributed by atoms with Gasteiger partial charge in [0.05, 0.1) is 13.5 Å². The largest absolute Gasteiger partial charge is 0.497 e. The van der Waals surface area contributed by atoms with Crippen molar-refractivity contribution in [2.45, 2.75) is 58.0 Å². The van der Waals surface area contributed by atoms with Gasteiger partial charge in [0.15, 0.2) is 0 Å². The molecule has 3 aromatic carbocycles. The van der Waals surface area contributed by atoms with E-state index in [0.29, 0.717) is 23.7 Å². The van der Waals surface area contributed by atoms with Crippen LogP contribution in [0.1, 0.15) is 62.5 Å². The highest BCUT2D eigenvalue weighted by Crippen LogP contribution is 2.37. The summed E-state index contributed by atoms with van der Waals surface area (Å²) in [5, 5.41) is 9.31. The second kappa shape index (κ2) is 12.6. The first-order chi connectivity index (χ1) is 18.0. The van der Waals surface area contributed by atoms with Crippen molar-refractivity contribution in [1.82, 2.24) is 0 Å². The average molecular weight is 506 g/mol. The summed E-state index contributed by atoms with van der Waals surface area (Å²) in [4.78, 5) is 13.7. The summed E-state index contributed by atoms with van der Waals surface area (Å²) in [7, 11) is 1.59. The lowest BCUT2D eigenvalue weighted by Gasteiger charge is -2.31. The van der Waals surface area contributed by atoms with Gasteiger partial charge in [-0.3, -0.25) is 4.79 Å². The van der Waals surface area contributed by atoms with Crippen LogP contribution in [0, 0.1) is 5.82 Å². The Balaban J connectivity index is 1.59. The first-order valence-electron chi connectivity index (χ1n) is 13.1. The van der Waals surface area contributed by atoms with Gasteiger partial charge >= 0.3 is 5.97 Å². The van der Waals surface area contributed by atoms with E-state index in [-0.39, 0.29) is 18.2 Å². The van der Waals surface area contributed by atoms with Gasteiger partial charge in [0.1, 0.15) is 23.9 Å². The number of carboxylic acids is 1. The zero-order chi connectivity index (χ0) is 26.2. The first-order valence-corrected chi connectivity index (χ1v) is 13.1. The van der Waals surface area contributed by atoms with Crippen LogP contribution in [0.15, 0.2) is 60.7 Å². The fourth-order valence-electron chi connectivity index (χ4n) is 5.10. The van der Waals surface area contributed by atoms with Crippen LogP contribution in [-0.4, -0.2) is 31.3 Å². The number of ether oxygens (including phenoxy) is 2. The van der Waals surface area contributed by atoms with Crippen LogP contribution in [0.2, 0.25) is 0 Å². The second-order valence-corrected chi connectivity index (χ2v) is 9.69. The van der Waals surface area contributed by atoms with Crippen molar-refractivity contribution in [3.63, 3.8) is 0 Å². The smallest absolute Gasteiger partial charge is 0.303 e. The Bertz CT molecular complexity index is 1210. The standard InChI is InChI=1S/C31H36FNO4/c1-3-8-23(19-31(34)35)24-9-7-10-26(18-24)37-21-22-11-13-27(28-20-25(36-2)12-14-29(28)32)30(17-22)33-15-5-4-6-16-33/h7,9-14,17-18,20,23H,3-6,8,15-16,19,21H2,1-2H3,(H,34,35)/t23-/m1/s1. The second-order valence-electron chi connectivity index (χ2n) is 9.69. The molecule has 4 rings (SSSR count). The first kappa shape index (κ1) is 26.5. The molecule has 1 atom stereocenters. The molecule has 1 N–H and O–H groups in total. The lowest BCUT2D eigenvalue weighted by Crippen LogP contribution is -2.30. The Morgan fingerprint density at radius 2 is 1.81 bits per heavy atom. The fraction of sp³-hybridized carbons (Fsp3) is 0.387. The molecule has 1 fully saturated rings. The molecule has 0 saturated carbocycles. The van der Waals surface area contributed by atoms with E-state index in [1.165, 1.54) is 12.5 Å². The summed E-state index contributed by atoms with van der Waals surface area (Å²) in [6, 6.07) is 18.7. The van der Waals surface area contributed by atoms with Gasteiger partial charge in [-0.05, 0) is 79.1 Å². The van der Waals surface area contributed by atoms with Gasteiger partial charge in [0.2, 0.25) is 0 Å². The fourth-order valence-corrected chi connectivity index (χ4v) is 5.10. The highest BCUT2D eigenvalue weighted by atomic mass is 19.1. The van der Waals surface area contributed by atoms with E-state index in [9.17, 15) is 14.3 Å². The number of carboxylic acid groups (broad SMARTS) is 1. The summed E-state index contributed by atoms with van der Waals surface area (Å²) in [6.45, 7) is 4.30. The Labute approximate surface area is 218 Å². The summed E-state index contributed by atoms with van der Waals surface area (Å²) >= 11 is 0. The molecule has 0 spiro atoms. The van der Waals surface area contributed by atoms with Crippen molar-refractivity contribution in [3.8, 4) is 22.6 Å². The molecule has 0 radical (unpaired) electrons. The lowest BCUT2D eigenvalue weighted by atomic mass is 9.91. The minimum absolute atomic E-state index is 0.0335. The van der Waals surface area contributed by atoms with Crippen molar-refractivity contribution in [2.75, 3.05) is 25.1 Å². The van der Waals surface area contributed by atoms with Crippen LogP contribution in [0.5, 0.6) is 11.5 Å². The van der Waals surface area contributed by atoms with E-state index in [1.807, 2.05) is 36.4 Å². The molecule has 1 aliphatic rings. The van der Waals surface area contributed by atoms with E-state index in [4.69, 9.17) is 9.47 Å². The van der Waals surface area contributed by atoms with Crippen molar-refractivity contribution in [1.29, 1.82) is 0 Å². The molecule has 5 nitrogen and oxygen atoms in total. The number of piperidine rings is 1. The molecule has 0 bridgehead atoms. The van der Waals surface area contributed by atoms with Gasteiger partial charge in [-0.2, -0.15) is 0 Å². The number of carbonyl (C=O) groups is 1. The van der Waals surface area contributed by atoms with E-state index >= 15 is 0 Å². The van der Waals surface area contributed by atoms with Crippen LogP contribution < -0.4 is 14.4 Å². The Kier molecular flexibility index (Phi) is 9.04. The number of benzene rings is 3. The van der Waals surface area contributed by atoms with Crippen LogP contribution in [0.4, 0.5) is 10.1 Å². The van der Waals surface area contributed by atoms with Crippen molar-refractivity contribution >= 4 is 11.7 Å². The Hall–Kier alpha value is -3.54. The lowest BCUT2D eigenvalue weighted by molar-refractivity contribution is -0.137. The van der Waals surface area contributed by atoms with Gasteiger partial charge in [-0.1, -0.05) is 37.6 Å². The van der Waals surface area contributed by atoms with Crippen molar-refractivity contribution in [2.24, 2.45) is 0 Å². The third kappa shape index (κ3) is 6.82. The number of aliphatic carboxylic acids is 1. The summed E-state index contributed by atoms with van der Waals surface area (Å²) in [6.07, 6.45) is 5.28. The van der Waals surface area contributed by atoms with Gasteiger partial charge in [-0.15, -0.1) is 0 Å². The number of anilines is 1. The predicted molar refractivity (Wildman–Crippen MR) is 145 cm³/mol. The summed E-state index contributed by atoms with van der Waals surface area (Å²) in [5.41, 5.74) is 4.36.